The summed E-state index contributed by atoms with van der Waals surface area (Å²) >= 11 is 0. The number of hydrogen-bond donors (Lipinski definition) is 4. The molecule has 0 unspecified atom stereocenters. The fourth-order valence-corrected chi connectivity index (χ4v) is 7.89. The zero-order valence-corrected chi connectivity index (χ0v) is 33.5. The number of aromatic amines is 2. The van der Waals surface area contributed by atoms with Gasteiger partial charge in [-0.05, 0) is 98.5 Å². The topological polar surface area (TPSA) is 132 Å². The summed E-state index contributed by atoms with van der Waals surface area (Å²) in [7, 11) is 0. The molecular weight excluding hydrogens is 745 g/mol. The van der Waals surface area contributed by atoms with Gasteiger partial charge in [-0.15, -0.1) is 0 Å². The van der Waals surface area contributed by atoms with Crippen molar-refractivity contribution in [2.24, 2.45) is 0 Å². The summed E-state index contributed by atoms with van der Waals surface area (Å²) < 4.78 is 0. The van der Waals surface area contributed by atoms with Crippen LogP contribution in [-0.4, -0.2) is 42.1 Å². The standard InChI is InChI=1S/C52H40N4O4/c1-29-5-13-33(14-6-29)46-39-21-22-40(53-39)47(34-15-7-30(2)8-16-34)42-25-26-44(55-42)49(36-19-11-32(4)12-20-36)50-37(27-38(51(57)58)52(59)60)28-45(56-50)48(43-24-23-41(46)54-43)35-17-9-31(3)10-18-35/h5-28,53,56H,1-4H3,(H,57,58)(H,59,60). The maximum atomic E-state index is 12.4. The first kappa shape index (κ1) is 37.7. The van der Waals surface area contributed by atoms with E-state index in [9.17, 15) is 19.8 Å². The van der Waals surface area contributed by atoms with Crippen molar-refractivity contribution in [3.63, 3.8) is 0 Å². The summed E-state index contributed by atoms with van der Waals surface area (Å²) in [6.45, 7) is 8.17. The maximum Gasteiger partial charge on any atom is 0.343 e. The highest BCUT2D eigenvalue weighted by Gasteiger charge is 2.22. The van der Waals surface area contributed by atoms with Gasteiger partial charge in [0, 0.05) is 44.4 Å². The van der Waals surface area contributed by atoms with E-state index in [4.69, 9.17) is 9.97 Å². The van der Waals surface area contributed by atoms with E-state index in [0.29, 0.717) is 33.5 Å². The molecule has 8 heteroatoms. The number of benzene rings is 4. The molecule has 0 atom stereocenters. The Morgan fingerprint density at radius 3 is 1.15 bits per heavy atom. The summed E-state index contributed by atoms with van der Waals surface area (Å²) in [4.78, 5) is 43.0. The first-order valence-electron chi connectivity index (χ1n) is 19.7. The van der Waals surface area contributed by atoms with Crippen LogP contribution in [0.1, 0.15) is 50.6 Å². The highest BCUT2D eigenvalue weighted by molar-refractivity contribution is 6.17. The Hall–Kier alpha value is -7.84. The van der Waals surface area contributed by atoms with Crippen LogP contribution in [0.25, 0.3) is 97.0 Å². The van der Waals surface area contributed by atoms with E-state index >= 15 is 0 Å². The van der Waals surface area contributed by atoms with Crippen LogP contribution >= 0.6 is 0 Å². The largest absolute Gasteiger partial charge is 0.477 e. The Balaban J connectivity index is 1.53. The zero-order valence-electron chi connectivity index (χ0n) is 33.5. The van der Waals surface area contributed by atoms with Crippen LogP contribution in [0.3, 0.4) is 0 Å². The van der Waals surface area contributed by atoms with Crippen LogP contribution in [0, 0.1) is 27.7 Å². The van der Waals surface area contributed by atoms with Gasteiger partial charge in [0.25, 0.3) is 0 Å². The van der Waals surface area contributed by atoms with Gasteiger partial charge in [-0.25, -0.2) is 19.6 Å². The van der Waals surface area contributed by atoms with Crippen molar-refractivity contribution in [3.05, 3.63) is 171 Å². The molecule has 0 spiro atoms. The number of carboxylic acids is 2. The van der Waals surface area contributed by atoms with Crippen molar-refractivity contribution in [1.29, 1.82) is 0 Å². The molecule has 0 aliphatic carbocycles. The number of aliphatic carboxylic acids is 2. The lowest BCUT2D eigenvalue weighted by molar-refractivity contribution is -0.140. The van der Waals surface area contributed by atoms with E-state index in [1.54, 1.807) is 0 Å². The first-order valence-corrected chi connectivity index (χ1v) is 19.7. The number of carboxylic acid groups (broad SMARTS) is 2. The summed E-state index contributed by atoms with van der Waals surface area (Å²) in [5.41, 5.74) is 16.5. The number of rotatable bonds is 7. The highest BCUT2D eigenvalue weighted by Crippen LogP contribution is 2.40. The van der Waals surface area contributed by atoms with E-state index < -0.39 is 17.5 Å². The molecule has 9 rings (SSSR count). The number of carbonyl (C=O) groups is 2. The Bertz CT molecular complexity index is 3130. The normalized spacial score (nSPS) is 11.8. The van der Waals surface area contributed by atoms with E-state index in [-0.39, 0.29) is 0 Å². The number of nitrogens with one attached hydrogen (secondary N) is 2. The molecule has 3 aromatic heterocycles. The van der Waals surface area contributed by atoms with E-state index in [2.05, 4.69) is 84.5 Å². The van der Waals surface area contributed by atoms with Gasteiger partial charge in [-0.1, -0.05) is 119 Å². The molecule has 8 bridgehead atoms. The number of hydrogen-bond acceptors (Lipinski definition) is 4. The predicted molar refractivity (Wildman–Crippen MR) is 243 cm³/mol. The molecule has 5 heterocycles. The monoisotopic (exact) mass is 784 g/mol. The van der Waals surface area contributed by atoms with Crippen LogP contribution < -0.4 is 0 Å². The van der Waals surface area contributed by atoms with Crippen LogP contribution in [0.2, 0.25) is 0 Å². The maximum absolute atomic E-state index is 12.4. The quantitative estimate of drug-likeness (QED) is 0.0723. The minimum absolute atomic E-state index is 0.369. The van der Waals surface area contributed by atoms with Gasteiger partial charge in [-0.2, -0.15) is 0 Å². The minimum atomic E-state index is -1.55. The summed E-state index contributed by atoms with van der Waals surface area (Å²) in [6, 6.07) is 38.9. The van der Waals surface area contributed by atoms with E-state index in [1.807, 2.05) is 92.7 Å². The first-order chi connectivity index (χ1) is 29.0. The average molecular weight is 785 g/mol. The third-order valence-electron chi connectivity index (χ3n) is 11.0. The predicted octanol–water partition coefficient (Wildman–Crippen LogP) is 12.1. The highest BCUT2D eigenvalue weighted by atomic mass is 16.4. The second-order valence-electron chi connectivity index (χ2n) is 15.4. The van der Waals surface area contributed by atoms with Gasteiger partial charge < -0.3 is 20.2 Å². The van der Waals surface area contributed by atoms with Gasteiger partial charge >= 0.3 is 11.9 Å². The molecule has 0 saturated heterocycles. The number of aryl methyl sites for hydroxylation is 4. The molecule has 60 heavy (non-hydrogen) atoms. The SMILES string of the molecule is Cc1ccc(-c2c3nc(c(-c4ccc(C)cc4)c4cc(C=C(C(=O)O)C(=O)O)c([nH]4)c(-c4ccc(C)cc4)c4nc(c(-c5ccc(C)cc5)c5ccc2[nH]5)C=C4)C=C3)cc1. The molecule has 7 aromatic rings. The fraction of sp³-hybridized carbons (Fsp3) is 0.0769. The van der Waals surface area contributed by atoms with Crippen molar-refractivity contribution in [2.75, 3.05) is 0 Å². The molecule has 4 N–H and O–H groups in total. The zero-order chi connectivity index (χ0) is 41.7. The molecule has 2 aliphatic heterocycles. The van der Waals surface area contributed by atoms with Crippen molar-refractivity contribution in [2.45, 2.75) is 27.7 Å². The Morgan fingerprint density at radius 1 is 0.450 bits per heavy atom. The van der Waals surface area contributed by atoms with Crippen LogP contribution in [0.4, 0.5) is 0 Å². The number of nitrogens with zero attached hydrogens (tertiary/aromatic N) is 2. The lowest BCUT2D eigenvalue weighted by Crippen LogP contribution is -2.10. The number of aromatic nitrogens is 4. The van der Waals surface area contributed by atoms with Gasteiger partial charge in [0.05, 0.1) is 28.3 Å². The third-order valence-corrected chi connectivity index (χ3v) is 11.0. The lowest BCUT2D eigenvalue weighted by Gasteiger charge is -2.08. The fourth-order valence-electron chi connectivity index (χ4n) is 7.89. The van der Waals surface area contributed by atoms with Crippen LogP contribution in [0.15, 0.2) is 121 Å². The van der Waals surface area contributed by atoms with Gasteiger partial charge in [0.15, 0.2) is 0 Å². The summed E-state index contributed by atoms with van der Waals surface area (Å²) in [6.07, 6.45) is 9.19. The smallest absolute Gasteiger partial charge is 0.343 e. The van der Waals surface area contributed by atoms with Crippen LogP contribution in [0.5, 0.6) is 0 Å². The summed E-state index contributed by atoms with van der Waals surface area (Å²) in [5.74, 6) is -3.10. The Morgan fingerprint density at radius 2 is 0.783 bits per heavy atom. The molecule has 0 radical (unpaired) electrons. The van der Waals surface area contributed by atoms with Crippen molar-refractivity contribution in [3.8, 4) is 44.5 Å². The molecule has 292 valence electrons. The second-order valence-corrected chi connectivity index (χ2v) is 15.4. The molecule has 8 nitrogen and oxygen atoms in total. The second kappa shape index (κ2) is 15.2. The van der Waals surface area contributed by atoms with Gasteiger partial charge in [0.2, 0.25) is 0 Å². The molecule has 0 amide bonds. The van der Waals surface area contributed by atoms with Gasteiger partial charge in [-0.3, -0.25) is 0 Å². The van der Waals surface area contributed by atoms with E-state index in [0.717, 1.165) is 83.6 Å². The van der Waals surface area contributed by atoms with Crippen molar-refractivity contribution in [1.82, 2.24) is 19.9 Å². The molecular formula is C52H40N4O4. The van der Waals surface area contributed by atoms with Crippen molar-refractivity contribution < 1.29 is 19.8 Å². The van der Waals surface area contributed by atoms with Crippen molar-refractivity contribution >= 4 is 64.4 Å². The summed E-state index contributed by atoms with van der Waals surface area (Å²) in [5, 5.41) is 20.2. The molecule has 0 fully saturated rings. The van der Waals surface area contributed by atoms with Gasteiger partial charge in [0.1, 0.15) is 5.57 Å². The average Bonchev–Trinajstić information content (AvgIpc) is 4.07. The minimum Gasteiger partial charge on any atom is -0.477 e. The molecule has 4 aromatic carbocycles. The Labute approximate surface area is 346 Å². The molecule has 2 aliphatic rings. The lowest BCUT2D eigenvalue weighted by atomic mass is 9.99. The van der Waals surface area contributed by atoms with E-state index in [1.165, 1.54) is 6.08 Å². The Kier molecular flexibility index (Phi) is 9.53. The van der Waals surface area contributed by atoms with Crippen LogP contribution in [-0.2, 0) is 9.59 Å². The molecule has 0 saturated carbocycles. The number of H-pyrrole nitrogens is 2. The third kappa shape index (κ3) is 7.05. The number of fused-ring (bicyclic) bond motifs is 8.